The van der Waals surface area contributed by atoms with Gasteiger partial charge in [-0.15, -0.1) is 0 Å². The molecule has 0 atom stereocenters. The molecular weight excluding hydrogens is 407 g/mol. The van der Waals surface area contributed by atoms with Crippen LogP contribution >= 0.6 is 0 Å². The van der Waals surface area contributed by atoms with E-state index in [4.69, 9.17) is 4.74 Å². The molecule has 5 nitrogen and oxygen atoms in total. The van der Waals surface area contributed by atoms with Crippen molar-refractivity contribution in [2.45, 2.75) is 20.3 Å². The number of para-hydroxylation sites is 2. The minimum absolute atomic E-state index is 0.119. The first kappa shape index (κ1) is 21.3. The van der Waals surface area contributed by atoms with Crippen LogP contribution < -0.4 is 15.0 Å². The van der Waals surface area contributed by atoms with Gasteiger partial charge in [0.2, 0.25) is 0 Å². The Labute approximate surface area is 186 Å². The fourth-order valence-corrected chi connectivity index (χ4v) is 3.63. The predicted octanol–water partition coefficient (Wildman–Crippen LogP) is 5.18. The standard InChI is InChI=1S/C26H23FN2O3/c1-3-17-9-15-20(16-10-17)29-25(30)23(18-11-13-19(27)14-12-18)24(26(29)31)28-21-7-5-6-8-22(21)32-4-2/h5-16,28H,3-4H2,1-2H3. The first-order valence-electron chi connectivity index (χ1n) is 10.5. The van der Waals surface area contributed by atoms with Gasteiger partial charge in [0.1, 0.15) is 17.3 Å². The molecule has 0 fully saturated rings. The van der Waals surface area contributed by atoms with Crippen LogP contribution in [0.4, 0.5) is 15.8 Å². The maximum absolute atomic E-state index is 13.5. The average Bonchev–Trinajstić information content (AvgIpc) is 3.05. The highest BCUT2D eigenvalue weighted by Gasteiger charge is 2.40. The number of ether oxygens (including phenoxy) is 1. The van der Waals surface area contributed by atoms with Crippen LogP contribution in [0.3, 0.4) is 0 Å². The topological polar surface area (TPSA) is 58.6 Å². The lowest BCUT2D eigenvalue weighted by molar-refractivity contribution is -0.120. The molecule has 1 aliphatic rings. The normalized spacial score (nSPS) is 13.7. The molecule has 162 valence electrons. The maximum atomic E-state index is 13.5. The SMILES string of the molecule is CCOc1ccccc1NC1=C(c2ccc(F)cc2)C(=O)N(c2ccc(CC)cc2)C1=O. The van der Waals surface area contributed by atoms with Crippen molar-refractivity contribution in [2.75, 3.05) is 16.8 Å². The summed E-state index contributed by atoms with van der Waals surface area (Å²) in [5.41, 5.74) is 2.89. The van der Waals surface area contributed by atoms with Crippen molar-refractivity contribution < 1.29 is 18.7 Å². The number of amides is 2. The van der Waals surface area contributed by atoms with Gasteiger partial charge >= 0.3 is 0 Å². The Morgan fingerprint density at radius 2 is 1.56 bits per heavy atom. The molecule has 0 aromatic heterocycles. The highest BCUT2D eigenvalue weighted by atomic mass is 19.1. The Kier molecular flexibility index (Phi) is 6.03. The van der Waals surface area contributed by atoms with Crippen molar-refractivity contribution in [3.8, 4) is 5.75 Å². The number of nitrogens with one attached hydrogen (secondary N) is 1. The van der Waals surface area contributed by atoms with Gasteiger partial charge in [0.05, 0.1) is 23.6 Å². The molecule has 1 aliphatic heterocycles. The molecule has 6 heteroatoms. The van der Waals surface area contributed by atoms with Gasteiger partial charge < -0.3 is 10.1 Å². The summed E-state index contributed by atoms with van der Waals surface area (Å²) in [6, 6.07) is 20.0. The molecular formula is C26H23FN2O3. The Bertz CT molecular complexity index is 1180. The van der Waals surface area contributed by atoms with E-state index in [1.54, 1.807) is 24.3 Å². The zero-order chi connectivity index (χ0) is 22.7. The van der Waals surface area contributed by atoms with Gasteiger partial charge in [-0.2, -0.15) is 0 Å². The molecule has 3 aromatic rings. The number of carbonyl (C=O) groups is 2. The smallest absolute Gasteiger partial charge is 0.282 e. The number of nitrogens with zero attached hydrogens (tertiary/aromatic N) is 1. The Hall–Kier alpha value is -3.93. The fourth-order valence-electron chi connectivity index (χ4n) is 3.63. The number of aryl methyl sites for hydroxylation is 1. The molecule has 3 aromatic carbocycles. The maximum Gasteiger partial charge on any atom is 0.282 e. The third-order valence-electron chi connectivity index (χ3n) is 5.27. The van der Waals surface area contributed by atoms with Crippen LogP contribution in [-0.2, 0) is 16.0 Å². The highest BCUT2D eigenvalue weighted by Crippen LogP contribution is 2.35. The summed E-state index contributed by atoms with van der Waals surface area (Å²) in [6.07, 6.45) is 0.849. The summed E-state index contributed by atoms with van der Waals surface area (Å²) in [6.45, 7) is 4.35. The van der Waals surface area contributed by atoms with E-state index < -0.39 is 17.6 Å². The molecule has 0 aliphatic carbocycles. The van der Waals surface area contributed by atoms with Gasteiger partial charge in [0.15, 0.2) is 0 Å². The predicted molar refractivity (Wildman–Crippen MR) is 123 cm³/mol. The third-order valence-corrected chi connectivity index (χ3v) is 5.27. The highest BCUT2D eigenvalue weighted by molar-refractivity contribution is 6.46. The van der Waals surface area contributed by atoms with Crippen LogP contribution in [0.15, 0.2) is 78.5 Å². The summed E-state index contributed by atoms with van der Waals surface area (Å²) in [4.78, 5) is 28.1. The number of benzene rings is 3. The van der Waals surface area contributed by atoms with Gasteiger partial charge in [-0.3, -0.25) is 9.59 Å². The van der Waals surface area contributed by atoms with Crippen LogP contribution in [-0.4, -0.2) is 18.4 Å². The summed E-state index contributed by atoms with van der Waals surface area (Å²) in [7, 11) is 0. The average molecular weight is 430 g/mol. The summed E-state index contributed by atoms with van der Waals surface area (Å²) < 4.78 is 19.2. The summed E-state index contributed by atoms with van der Waals surface area (Å²) in [5, 5.41) is 3.11. The van der Waals surface area contributed by atoms with Crippen molar-refractivity contribution in [3.05, 3.63) is 95.4 Å². The van der Waals surface area contributed by atoms with Gasteiger partial charge in [-0.25, -0.2) is 9.29 Å². The Morgan fingerprint density at radius 1 is 0.875 bits per heavy atom. The van der Waals surface area contributed by atoms with Crippen LogP contribution in [0.25, 0.3) is 5.57 Å². The Balaban J connectivity index is 1.80. The quantitative estimate of drug-likeness (QED) is 0.525. The number of halogens is 1. The second-order valence-electron chi connectivity index (χ2n) is 7.28. The second kappa shape index (κ2) is 9.06. The van der Waals surface area contributed by atoms with Crippen LogP contribution in [0.5, 0.6) is 5.75 Å². The Morgan fingerprint density at radius 3 is 2.22 bits per heavy atom. The van der Waals surface area contributed by atoms with E-state index in [1.165, 1.54) is 24.3 Å². The lowest BCUT2D eigenvalue weighted by atomic mass is 10.0. The molecule has 2 amide bonds. The number of hydrogen-bond donors (Lipinski definition) is 1. The molecule has 0 unspecified atom stereocenters. The molecule has 0 saturated carbocycles. The monoisotopic (exact) mass is 430 g/mol. The van der Waals surface area contributed by atoms with E-state index in [0.717, 1.165) is 16.9 Å². The molecule has 0 saturated heterocycles. The lowest BCUT2D eigenvalue weighted by Gasteiger charge is -2.16. The van der Waals surface area contributed by atoms with Crippen LogP contribution in [0, 0.1) is 5.82 Å². The molecule has 1 heterocycles. The molecule has 32 heavy (non-hydrogen) atoms. The van der Waals surface area contributed by atoms with Crippen molar-refractivity contribution in [3.63, 3.8) is 0 Å². The minimum atomic E-state index is -0.482. The van der Waals surface area contributed by atoms with E-state index in [2.05, 4.69) is 5.32 Å². The van der Waals surface area contributed by atoms with Crippen molar-refractivity contribution >= 4 is 28.8 Å². The second-order valence-corrected chi connectivity index (χ2v) is 7.28. The van der Waals surface area contributed by atoms with E-state index in [9.17, 15) is 14.0 Å². The molecule has 0 bridgehead atoms. The summed E-state index contributed by atoms with van der Waals surface area (Å²) >= 11 is 0. The lowest BCUT2D eigenvalue weighted by Crippen LogP contribution is -2.32. The van der Waals surface area contributed by atoms with Gasteiger partial charge in [-0.05, 0) is 60.9 Å². The number of rotatable bonds is 7. The zero-order valence-corrected chi connectivity index (χ0v) is 17.9. The molecule has 1 N–H and O–H groups in total. The molecule has 0 radical (unpaired) electrons. The van der Waals surface area contributed by atoms with E-state index in [-0.39, 0.29) is 11.3 Å². The van der Waals surface area contributed by atoms with Crippen molar-refractivity contribution in [2.24, 2.45) is 0 Å². The first-order valence-corrected chi connectivity index (χ1v) is 10.5. The minimum Gasteiger partial charge on any atom is -0.492 e. The van der Waals surface area contributed by atoms with Crippen LogP contribution in [0.2, 0.25) is 0 Å². The largest absolute Gasteiger partial charge is 0.492 e. The number of imide groups is 1. The van der Waals surface area contributed by atoms with Crippen molar-refractivity contribution in [1.29, 1.82) is 0 Å². The number of anilines is 2. The van der Waals surface area contributed by atoms with Gasteiger partial charge in [0.25, 0.3) is 11.8 Å². The molecule has 4 rings (SSSR count). The van der Waals surface area contributed by atoms with Gasteiger partial charge in [-0.1, -0.05) is 43.3 Å². The van der Waals surface area contributed by atoms with Crippen molar-refractivity contribution in [1.82, 2.24) is 0 Å². The fraction of sp³-hybridized carbons (Fsp3) is 0.154. The van der Waals surface area contributed by atoms with Gasteiger partial charge in [0, 0.05) is 0 Å². The van der Waals surface area contributed by atoms with E-state index in [1.807, 2.05) is 38.1 Å². The zero-order valence-electron chi connectivity index (χ0n) is 17.9. The summed E-state index contributed by atoms with van der Waals surface area (Å²) in [5.74, 6) is -0.812. The number of hydrogen-bond acceptors (Lipinski definition) is 4. The third kappa shape index (κ3) is 3.99. The van der Waals surface area contributed by atoms with Crippen LogP contribution in [0.1, 0.15) is 25.0 Å². The first-order chi connectivity index (χ1) is 15.5. The van der Waals surface area contributed by atoms with E-state index >= 15 is 0 Å². The molecule has 0 spiro atoms. The van der Waals surface area contributed by atoms with E-state index in [0.29, 0.717) is 29.3 Å². The number of carbonyl (C=O) groups excluding carboxylic acids is 2.